The van der Waals surface area contributed by atoms with Gasteiger partial charge in [-0.05, 0) is 27.2 Å². The summed E-state index contributed by atoms with van der Waals surface area (Å²) >= 11 is 3.26. The van der Waals surface area contributed by atoms with Crippen molar-refractivity contribution in [2.45, 2.75) is 39.2 Å². The van der Waals surface area contributed by atoms with Crippen LogP contribution >= 0.6 is 15.9 Å². The number of fused-ring (bicyclic) bond motifs is 1. The zero-order valence-corrected chi connectivity index (χ0v) is 13.8. The zero-order chi connectivity index (χ0) is 15.6. The molecular formula is C13H18BrN5O2. The van der Waals surface area contributed by atoms with E-state index in [-0.39, 0.29) is 17.0 Å². The number of carbonyl (C=O) groups excluding carboxylic acids is 1. The Balaban J connectivity index is 2.35. The predicted molar refractivity (Wildman–Crippen MR) is 84.2 cm³/mol. The standard InChI is InChI=1S/C13H18BrN5O2/c1-13(2,3)19-11-9(7-16-19)12(21)18(8-15-11)17-10(20)5-4-6-14/h7-8H,4-6H2,1-3H3,(H,17,20). The van der Waals surface area contributed by atoms with Gasteiger partial charge >= 0.3 is 0 Å². The summed E-state index contributed by atoms with van der Waals surface area (Å²) in [5, 5.41) is 5.34. The fourth-order valence-corrected chi connectivity index (χ4v) is 2.18. The Labute approximate surface area is 130 Å². The molecule has 0 bridgehead atoms. The highest BCUT2D eigenvalue weighted by Gasteiger charge is 2.19. The number of aromatic nitrogens is 4. The highest BCUT2D eigenvalue weighted by Crippen LogP contribution is 2.17. The molecule has 2 rings (SSSR count). The number of hydrogen-bond acceptors (Lipinski definition) is 4. The molecule has 0 aliphatic rings. The fraction of sp³-hybridized carbons (Fsp3) is 0.538. The van der Waals surface area contributed by atoms with Crippen molar-refractivity contribution in [3.05, 3.63) is 22.9 Å². The van der Waals surface area contributed by atoms with Gasteiger partial charge in [0, 0.05) is 11.8 Å². The summed E-state index contributed by atoms with van der Waals surface area (Å²) in [5.74, 6) is -0.221. The number of carbonyl (C=O) groups is 1. The second kappa shape index (κ2) is 5.97. The van der Waals surface area contributed by atoms with E-state index < -0.39 is 0 Å². The van der Waals surface area contributed by atoms with Crippen molar-refractivity contribution in [1.82, 2.24) is 19.4 Å². The average Bonchev–Trinajstić information content (AvgIpc) is 2.84. The lowest BCUT2D eigenvalue weighted by Gasteiger charge is -2.19. The number of alkyl halides is 1. The van der Waals surface area contributed by atoms with E-state index >= 15 is 0 Å². The maximum Gasteiger partial charge on any atom is 0.283 e. The number of halogens is 1. The van der Waals surface area contributed by atoms with Gasteiger partial charge in [0.25, 0.3) is 5.56 Å². The summed E-state index contributed by atoms with van der Waals surface area (Å²) in [6.07, 6.45) is 3.85. The summed E-state index contributed by atoms with van der Waals surface area (Å²) in [6.45, 7) is 5.94. The Kier molecular flexibility index (Phi) is 4.46. The van der Waals surface area contributed by atoms with E-state index in [4.69, 9.17) is 0 Å². The third-order valence-electron chi connectivity index (χ3n) is 2.91. The average molecular weight is 356 g/mol. The van der Waals surface area contributed by atoms with Crippen molar-refractivity contribution in [3.8, 4) is 0 Å². The summed E-state index contributed by atoms with van der Waals surface area (Å²) in [5.41, 5.74) is 2.44. The molecule has 8 heteroatoms. The molecule has 0 spiro atoms. The molecule has 0 saturated carbocycles. The molecule has 2 heterocycles. The molecule has 2 aromatic rings. The Morgan fingerprint density at radius 1 is 1.43 bits per heavy atom. The lowest BCUT2D eigenvalue weighted by Crippen LogP contribution is -2.33. The minimum absolute atomic E-state index is 0.221. The molecule has 1 N–H and O–H groups in total. The lowest BCUT2D eigenvalue weighted by molar-refractivity contribution is -0.117. The topological polar surface area (TPSA) is 81.8 Å². The SMILES string of the molecule is CC(C)(C)n1ncc2c(=O)n(NC(=O)CCCBr)cnc21. The smallest absolute Gasteiger partial charge is 0.273 e. The third kappa shape index (κ3) is 3.31. The Morgan fingerprint density at radius 2 is 2.14 bits per heavy atom. The first kappa shape index (κ1) is 15.7. The number of nitrogens with zero attached hydrogens (tertiary/aromatic N) is 4. The molecule has 0 fully saturated rings. The first-order valence-electron chi connectivity index (χ1n) is 6.66. The zero-order valence-electron chi connectivity index (χ0n) is 12.3. The van der Waals surface area contributed by atoms with E-state index in [1.54, 1.807) is 4.68 Å². The maximum absolute atomic E-state index is 12.3. The summed E-state index contributed by atoms with van der Waals surface area (Å²) in [6, 6.07) is 0. The molecular weight excluding hydrogens is 338 g/mol. The van der Waals surface area contributed by atoms with Gasteiger partial charge in [0.05, 0.1) is 11.7 Å². The second-order valence-electron chi connectivity index (χ2n) is 5.71. The van der Waals surface area contributed by atoms with Crippen LogP contribution in [0.5, 0.6) is 0 Å². The Morgan fingerprint density at radius 3 is 2.76 bits per heavy atom. The van der Waals surface area contributed by atoms with Gasteiger partial charge in [0.2, 0.25) is 5.91 Å². The molecule has 0 atom stereocenters. The Bertz CT molecular complexity index is 713. The predicted octanol–water partition coefficient (Wildman–Crippen LogP) is 1.59. The van der Waals surface area contributed by atoms with E-state index in [0.29, 0.717) is 23.9 Å². The van der Waals surface area contributed by atoms with Gasteiger partial charge in [-0.3, -0.25) is 15.0 Å². The molecule has 7 nitrogen and oxygen atoms in total. The molecule has 0 aromatic carbocycles. The van der Waals surface area contributed by atoms with Crippen molar-refractivity contribution in [2.75, 3.05) is 10.8 Å². The van der Waals surface area contributed by atoms with Crippen LogP contribution in [0.2, 0.25) is 0 Å². The molecule has 21 heavy (non-hydrogen) atoms. The van der Waals surface area contributed by atoms with Gasteiger partial charge in [-0.1, -0.05) is 15.9 Å². The van der Waals surface area contributed by atoms with Gasteiger partial charge in [-0.25, -0.2) is 14.3 Å². The third-order valence-corrected chi connectivity index (χ3v) is 3.47. The van der Waals surface area contributed by atoms with Gasteiger partial charge in [-0.2, -0.15) is 5.10 Å². The van der Waals surface area contributed by atoms with E-state index in [0.717, 1.165) is 10.0 Å². The minimum Gasteiger partial charge on any atom is -0.273 e. The number of amides is 1. The van der Waals surface area contributed by atoms with E-state index in [9.17, 15) is 9.59 Å². The van der Waals surface area contributed by atoms with Gasteiger partial charge in [0.1, 0.15) is 11.7 Å². The van der Waals surface area contributed by atoms with Crippen LogP contribution in [0.15, 0.2) is 17.3 Å². The molecule has 0 aliphatic heterocycles. The second-order valence-corrected chi connectivity index (χ2v) is 6.50. The van der Waals surface area contributed by atoms with Crippen LogP contribution in [0.3, 0.4) is 0 Å². The van der Waals surface area contributed by atoms with Crippen molar-refractivity contribution in [3.63, 3.8) is 0 Å². The molecule has 0 unspecified atom stereocenters. The monoisotopic (exact) mass is 355 g/mol. The van der Waals surface area contributed by atoms with Crippen LogP contribution in [-0.2, 0) is 10.3 Å². The molecule has 0 radical (unpaired) electrons. The molecule has 1 amide bonds. The number of hydrogen-bond donors (Lipinski definition) is 1. The fourth-order valence-electron chi connectivity index (χ4n) is 1.90. The van der Waals surface area contributed by atoms with Crippen LogP contribution in [0.25, 0.3) is 11.0 Å². The van der Waals surface area contributed by atoms with Crippen molar-refractivity contribution in [1.29, 1.82) is 0 Å². The van der Waals surface area contributed by atoms with E-state index in [2.05, 4.69) is 31.4 Å². The highest BCUT2D eigenvalue weighted by atomic mass is 79.9. The first-order chi connectivity index (χ1) is 9.84. The van der Waals surface area contributed by atoms with Crippen LogP contribution in [0.4, 0.5) is 0 Å². The van der Waals surface area contributed by atoms with Crippen LogP contribution in [0, 0.1) is 0 Å². The van der Waals surface area contributed by atoms with Gasteiger partial charge in [-0.15, -0.1) is 0 Å². The summed E-state index contributed by atoms with van der Waals surface area (Å²) in [4.78, 5) is 28.2. The maximum atomic E-state index is 12.3. The summed E-state index contributed by atoms with van der Waals surface area (Å²) in [7, 11) is 0. The van der Waals surface area contributed by atoms with Crippen molar-refractivity contribution in [2.24, 2.45) is 0 Å². The normalized spacial score (nSPS) is 11.8. The lowest BCUT2D eigenvalue weighted by atomic mass is 10.1. The van der Waals surface area contributed by atoms with Crippen molar-refractivity contribution >= 4 is 32.9 Å². The van der Waals surface area contributed by atoms with Crippen LogP contribution in [0.1, 0.15) is 33.6 Å². The first-order valence-corrected chi connectivity index (χ1v) is 7.78. The molecule has 2 aromatic heterocycles. The molecule has 0 aliphatic carbocycles. The summed E-state index contributed by atoms with van der Waals surface area (Å²) < 4.78 is 2.80. The van der Waals surface area contributed by atoms with Crippen molar-refractivity contribution < 1.29 is 4.79 Å². The largest absolute Gasteiger partial charge is 0.283 e. The van der Waals surface area contributed by atoms with Gasteiger partial charge < -0.3 is 0 Å². The molecule has 0 saturated heterocycles. The van der Waals surface area contributed by atoms with Crippen LogP contribution < -0.4 is 11.0 Å². The minimum atomic E-state index is -0.331. The quantitative estimate of drug-likeness (QED) is 0.844. The van der Waals surface area contributed by atoms with Gasteiger partial charge in [0.15, 0.2) is 5.65 Å². The number of nitrogens with one attached hydrogen (secondary N) is 1. The van der Waals surface area contributed by atoms with E-state index in [1.165, 1.54) is 12.5 Å². The molecule has 114 valence electrons. The Hall–Kier alpha value is -1.70. The highest BCUT2D eigenvalue weighted by molar-refractivity contribution is 9.09. The number of rotatable bonds is 4. The van der Waals surface area contributed by atoms with E-state index in [1.807, 2.05) is 20.8 Å². The van der Waals surface area contributed by atoms with Crippen LogP contribution in [-0.4, -0.2) is 30.7 Å².